The zero-order chi connectivity index (χ0) is 22.7. The Morgan fingerprint density at radius 2 is 1.91 bits per heavy atom. The second-order valence-corrected chi connectivity index (χ2v) is 8.02. The summed E-state index contributed by atoms with van der Waals surface area (Å²) >= 11 is 3.18. The summed E-state index contributed by atoms with van der Waals surface area (Å²) in [7, 11) is 1.58. The molecule has 3 aromatic rings. The van der Waals surface area contributed by atoms with Crippen molar-refractivity contribution in [3.05, 3.63) is 82.6 Å². The van der Waals surface area contributed by atoms with Crippen molar-refractivity contribution >= 4 is 50.5 Å². The van der Waals surface area contributed by atoms with E-state index in [0.29, 0.717) is 27.3 Å². The molecule has 2 amide bonds. The average Bonchev–Trinajstić information content (AvgIpc) is 2.92. The first kappa shape index (κ1) is 21.7. The lowest BCUT2D eigenvalue weighted by Crippen LogP contribution is -2.38. The van der Waals surface area contributed by atoms with Crippen LogP contribution in [0.3, 0.4) is 0 Å². The Labute approximate surface area is 192 Å². The number of nitrogens with one attached hydrogen (secondary N) is 1. The molecule has 162 valence electrons. The number of carbonyl (C=O) groups excluding carboxylic acids is 2. The van der Waals surface area contributed by atoms with Crippen LogP contribution in [0, 0.1) is 5.82 Å². The lowest BCUT2D eigenvalue weighted by atomic mass is 10.1. The molecule has 4 rings (SSSR count). The molecule has 0 radical (unpaired) electrons. The number of benzene rings is 3. The van der Waals surface area contributed by atoms with Gasteiger partial charge in [0.05, 0.1) is 36.3 Å². The maximum Gasteiger partial charge on any atom is 0.244 e. The Hall–Kier alpha value is -3.52. The third kappa shape index (κ3) is 4.70. The van der Waals surface area contributed by atoms with Gasteiger partial charge in [0.15, 0.2) is 0 Å². The van der Waals surface area contributed by atoms with Crippen molar-refractivity contribution < 1.29 is 18.7 Å². The molecule has 0 aliphatic carbocycles. The van der Waals surface area contributed by atoms with Crippen LogP contribution < -0.4 is 15.0 Å². The molecule has 1 N–H and O–H groups in total. The fourth-order valence-corrected chi connectivity index (χ4v) is 3.73. The Bertz CT molecular complexity index is 1210. The molecular formula is C24H19BrFN3O3. The summed E-state index contributed by atoms with van der Waals surface area (Å²) in [5, 5.41) is 2.53. The summed E-state index contributed by atoms with van der Waals surface area (Å²) in [4.78, 5) is 31.9. The van der Waals surface area contributed by atoms with Gasteiger partial charge in [0.25, 0.3) is 0 Å². The average molecular weight is 496 g/mol. The van der Waals surface area contributed by atoms with Gasteiger partial charge in [-0.3, -0.25) is 14.6 Å². The second-order valence-electron chi connectivity index (χ2n) is 7.10. The van der Waals surface area contributed by atoms with Gasteiger partial charge in [0, 0.05) is 4.47 Å². The summed E-state index contributed by atoms with van der Waals surface area (Å²) in [6.45, 7) is -0.267. The SMILES string of the molecule is COc1ccc(C2=Nc3ccccc3N(CC(=O)Nc3ccc(Br)cc3F)C(=O)C2)cc1. The first-order valence-corrected chi connectivity index (χ1v) is 10.6. The highest BCUT2D eigenvalue weighted by Gasteiger charge is 2.27. The Morgan fingerprint density at radius 3 is 2.62 bits per heavy atom. The van der Waals surface area contributed by atoms with Gasteiger partial charge >= 0.3 is 0 Å². The minimum atomic E-state index is -0.569. The standard InChI is InChI=1S/C24H19BrFN3O3/c1-32-17-9-6-15(7-10-17)21-13-24(31)29(22-5-3-2-4-20(22)27-21)14-23(30)28-19-11-8-16(25)12-18(19)26/h2-12H,13-14H2,1H3,(H,28,30). The number of nitrogens with zero attached hydrogens (tertiary/aromatic N) is 2. The lowest BCUT2D eigenvalue weighted by molar-refractivity contribution is -0.120. The molecule has 1 aliphatic heterocycles. The monoisotopic (exact) mass is 495 g/mol. The minimum Gasteiger partial charge on any atom is -0.497 e. The molecule has 6 nitrogen and oxygen atoms in total. The molecule has 32 heavy (non-hydrogen) atoms. The highest BCUT2D eigenvalue weighted by atomic mass is 79.9. The minimum absolute atomic E-state index is 0.0148. The smallest absolute Gasteiger partial charge is 0.244 e. The molecule has 0 fully saturated rings. The van der Waals surface area contributed by atoms with E-state index in [4.69, 9.17) is 9.73 Å². The van der Waals surface area contributed by atoms with E-state index < -0.39 is 11.7 Å². The Kier molecular flexibility index (Phi) is 6.32. The van der Waals surface area contributed by atoms with Crippen LogP contribution in [-0.4, -0.2) is 31.2 Å². The summed E-state index contributed by atoms with van der Waals surface area (Å²) in [6.07, 6.45) is 0.0148. The van der Waals surface area contributed by atoms with Crippen LogP contribution in [0.2, 0.25) is 0 Å². The van der Waals surface area contributed by atoms with Gasteiger partial charge in [-0.25, -0.2) is 4.39 Å². The van der Waals surface area contributed by atoms with Crippen LogP contribution in [0.4, 0.5) is 21.5 Å². The molecule has 3 aromatic carbocycles. The number of hydrogen-bond acceptors (Lipinski definition) is 4. The quantitative estimate of drug-likeness (QED) is 0.535. The predicted octanol–water partition coefficient (Wildman–Crippen LogP) is 5.09. The normalized spacial score (nSPS) is 13.2. The zero-order valence-corrected chi connectivity index (χ0v) is 18.7. The number of fused-ring (bicyclic) bond motifs is 1. The topological polar surface area (TPSA) is 71.0 Å². The van der Waals surface area contributed by atoms with Crippen molar-refractivity contribution in [3.8, 4) is 5.75 Å². The van der Waals surface area contributed by atoms with Crippen LogP contribution >= 0.6 is 15.9 Å². The number of carbonyl (C=O) groups is 2. The van der Waals surface area contributed by atoms with Crippen molar-refractivity contribution in [2.24, 2.45) is 4.99 Å². The van der Waals surface area contributed by atoms with Gasteiger partial charge in [-0.1, -0.05) is 28.1 Å². The maximum atomic E-state index is 14.1. The van der Waals surface area contributed by atoms with E-state index in [1.54, 1.807) is 43.5 Å². The van der Waals surface area contributed by atoms with E-state index in [1.807, 2.05) is 18.2 Å². The number of anilines is 2. The van der Waals surface area contributed by atoms with Crippen LogP contribution in [0.1, 0.15) is 12.0 Å². The zero-order valence-electron chi connectivity index (χ0n) is 17.1. The first-order chi connectivity index (χ1) is 15.4. The highest BCUT2D eigenvalue weighted by molar-refractivity contribution is 9.10. The van der Waals surface area contributed by atoms with E-state index in [9.17, 15) is 14.0 Å². The third-order valence-corrected chi connectivity index (χ3v) is 5.47. The third-order valence-electron chi connectivity index (χ3n) is 4.98. The number of methoxy groups -OCH3 is 1. The van der Waals surface area contributed by atoms with Gasteiger partial charge in [0.2, 0.25) is 11.8 Å². The van der Waals surface area contributed by atoms with Crippen molar-refractivity contribution in [3.63, 3.8) is 0 Å². The maximum absolute atomic E-state index is 14.1. The van der Waals surface area contributed by atoms with Gasteiger partial charge in [-0.15, -0.1) is 0 Å². The number of aliphatic imine (C=N–C) groups is 1. The molecule has 0 spiro atoms. The Morgan fingerprint density at radius 1 is 1.16 bits per heavy atom. The molecule has 0 saturated heterocycles. The molecule has 0 aromatic heterocycles. The number of rotatable bonds is 5. The molecule has 1 heterocycles. The van der Waals surface area contributed by atoms with Crippen LogP contribution in [0.15, 0.2) is 76.2 Å². The number of amides is 2. The molecule has 1 aliphatic rings. The van der Waals surface area contributed by atoms with Crippen molar-refractivity contribution in [2.45, 2.75) is 6.42 Å². The van der Waals surface area contributed by atoms with E-state index in [2.05, 4.69) is 21.2 Å². The fraction of sp³-hybridized carbons (Fsp3) is 0.125. The van der Waals surface area contributed by atoms with Gasteiger partial charge < -0.3 is 15.0 Å². The molecule has 8 heteroatoms. The van der Waals surface area contributed by atoms with E-state index in [1.165, 1.54) is 17.0 Å². The lowest BCUT2D eigenvalue weighted by Gasteiger charge is -2.22. The fourth-order valence-electron chi connectivity index (χ4n) is 3.39. The van der Waals surface area contributed by atoms with Crippen molar-refractivity contribution in [2.75, 3.05) is 23.9 Å². The van der Waals surface area contributed by atoms with Crippen LogP contribution in [-0.2, 0) is 9.59 Å². The predicted molar refractivity (Wildman–Crippen MR) is 125 cm³/mol. The van der Waals surface area contributed by atoms with Gasteiger partial charge in [-0.2, -0.15) is 0 Å². The van der Waals surface area contributed by atoms with E-state index in [-0.39, 0.29) is 24.6 Å². The largest absolute Gasteiger partial charge is 0.497 e. The molecule has 0 atom stereocenters. The van der Waals surface area contributed by atoms with Crippen molar-refractivity contribution in [1.82, 2.24) is 0 Å². The van der Waals surface area contributed by atoms with Crippen LogP contribution in [0.5, 0.6) is 5.75 Å². The first-order valence-electron chi connectivity index (χ1n) is 9.81. The Balaban J connectivity index is 1.60. The van der Waals surface area contributed by atoms with E-state index >= 15 is 0 Å². The van der Waals surface area contributed by atoms with Gasteiger partial charge in [0.1, 0.15) is 18.1 Å². The molecule has 0 saturated carbocycles. The summed E-state index contributed by atoms with van der Waals surface area (Å²) < 4.78 is 19.9. The number of halogens is 2. The van der Waals surface area contributed by atoms with Crippen LogP contribution in [0.25, 0.3) is 0 Å². The second kappa shape index (κ2) is 9.32. The van der Waals surface area contributed by atoms with Gasteiger partial charge in [-0.05, 0) is 60.2 Å². The molecule has 0 bridgehead atoms. The molecular weight excluding hydrogens is 477 g/mol. The molecule has 0 unspecified atom stereocenters. The summed E-state index contributed by atoms with van der Waals surface area (Å²) in [6, 6.07) is 18.8. The highest BCUT2D eigenvalue weighted by Crippen LogP contribution is 2.33. The number of ether oxygens (including phenoxy) is 1. The summed E-state index contributed by atoms with van der Waals surface area (Å²) in [5.41, 5.74) is 2.52. The summed E-state index contributed by atoms with van der Waals surface area (Å²) in [5.74, 6) is -0.660. The van der Waals surface area contributed by atoms with Crippen molar-refractivity contribution in [1.29, 1.82) is 0 Å². The van der Waals surface area contributed by atoms with E-state index in [0.717, 1.165) is 5.56 Å². The number of para-hydroxylation sites is 2. The number of hydrogen-bond donors (Lipinski definition) is 1.